The Bertz CT molecular complexity index is 1180. The highest BCUT2D eigenvalue weighted by Gasteiger charge is 2.31. The van der Waals surface area contributed by atoms with E-state index in [0.717, 1.165) is 58.4 Å². The topological polar surface area (TPSA) is 69.0 Å². The summed E-state index contributed by atoms with van der Waals surface area (Å²) in [5.74, 6) is 1.68. The van der Waals surface area contributed by atoms with E-state index in [1.54, 1.807) is 13.3 Å². The third kappa shape index (κ3) is 3.56. The Morgan fingerprint density at radius 2 is 2.03 bits per heavy atom. The molecule has 7 heteroatoms. The number of fused-ring (bicyclic) bond motifs is 4. The van der Waals surface area contributed by atoms with Crippen molar-refractivity contribution in [2.24, 2.45) is 0 Å². The molecule has 0 unspecified atom stereocenters. The molecule has 2 aliphatic rings. The maximum absolute atomic E-state index is 13.1. The number of benzene rings is 2. The van der Waals surface area contributed by atoms with Crippen LogP contribution in [0, 0.1) is 0 Å². The first-order valence-electron chi connectivity index (χ1n) is 10.3. The monoisotopic (exact) mass is 427 g/mol. The minimum absolute atomic E-state index is 0.0158. The van der Waals surface area contributed by atoms with Gasteiger partial charge in [-0.05, 0) is 67.0 Å². The molecule has 1 aromatic heterocycles. The lowest BCUT2D eigenvalue weighted by atomic mass is 9.83. The number of likely N-dealkylation sites (N-methyl/N-ethyl adjacent to an activating group) is 1. The number of hydrogen-bond acceptors (Lipinski definition) is 5. The predicted octanol–water partition coefficient (Wildman–Crippen LogP) is 4.09. The highest BCUT2D eigenvalue weighted by molar-refractivity contribution is 7.89. The molecule has 0 amide bonds. The maximum Gasteiger partial charge on any atom is 0.231 e. The van der Waals surface area contributed by atoms with Gasteiger partial charge in [0.05, 0.1) is 12.0 Å². The minimum Gasteiger partial charge on any atom is -0.464 e. The van der Waals surface area contributed by atoms with Gasteiger partial charge in [-0.3, -0.25) is 0 Å². The predicted molar refractivity (Wildman–Crippen MR) is 115 cm³/mol. The number of nitrogens with zero attached hydrogens (tertiary/aromatic N) is 1. The molecular formula is C23H25NO5S. The van der Waals surface area contributed by atoms with Gasteiger partial charge in [0.15, 0.2) is 11.5 Å². The van der Waals surface area contributed by atoms with E-state index in [0.29, 0.717) is 13.0 Å². The Balaban J connectivity index is 1.29. The molecule has 2 aromatic carbocycles. The molecule has 0 spiro atoms. The van der Waals surface area contributed by atoms with Gasteiger partial charge in [-0.25, -0.2) is 12.7 Å². The van der Waals surface area contributed by atoms with Crippen molar-refractivity contribution in [2.75, 3.05) is 26.1 Å². The molecule has 0 radical (unpaired) electrons. The van der Waals surface area contributed by atoms with E-state index in [-0.39, 0.29) is 18.5 Å². The van der Waals surface area contributed by atoms with Crippen molar-refractivity contribution in [1.29, 1.82) is 0 Å². The summed E-state index contributed by atoms with van der Waals surface area (Å²) in [6.07, 6.45) is 5.07. The van der Waals surface area contributed by atoms with E-state index < -0.39 is 10.0 Å². The van der Waals surface area contributed by atoms with E-state index in [4.69, 9.17) is 13.9 Å². The zero-order chi connectivity index (χ0) is 20.7. The fraction of sp³-hybridized carbons (Fsp3) is 0.391. The first kappa shape index (κ1) is 19.5. The average Bonchev–Trinajstić information content (AvgIpc) is 3.40. The number of sulfonamides is 1. The van der Waals surface area contributed by atoms with E-state index in [1.165, 1.54) is 4.31 Å². The fourth-order valence-corrected chi connectivity index (χ4v) is 6.00. The first-order valence-corrected chi connectivity index (χ1v) is 11.9. The van der Waals surface area contributed by atoms with Crippen LogP contribution in [0.1, 0.15) is 35.4 Å². The van der Waals surface area contributed by atoms with E-state index in [2.05, 4.69) is 6.07 Å². The third-order valence-electron chi connectivity index (χ3n) is 6.22. The van der Waals surface area contributed by atoms with Crippen LogP contribution < -0.4 is 9.47 Å². The van der Waals surface area contributed by atoms with Crippen LogP contribution in [0.4, 0.5) is 0 Å². The largest absolute Gasteiger partial charge is 0.464 e. The molecule has 2 heterocycles. The molecule has 0 saturated carbocycles. The Hall–Kier alpha value is -2.51. The SMILES string of the molecule is CN(CCc1ccc2occc2c1)S(=O)(=O)C[C@@H]1CCCc2c1ccc1c2OCO1. The quantitative estimate of drug-likeness (QED) is 0.593. The maximum atomic E-state index is 13.1. The van der Waals surface area contributed by atoms with Crippen LogP contribution in [-0.4, -0.2) is 38.9 Å². The lowest BCUT2D eigenvalue weighted by Gasteiger charge is -2.28. The van der Waals surface area contributed by atoms with Crippen molar-refractivity contribution < 1.29 is 22.3 Å². The van der Waals surface area contributed by atoms with Gasteiger partial charge < -0.3 is 13.9 Å². The van der Waals surface area contributed by atoms with Crippen LogP contribution in [0.15, 0.2) is 47.1 Å². The molecule has 30 heavy (non-hydrogen) atoms. The van der Waals surface area contributed by atoms with Crippen molar-refractivity contribution in [3.63, 3.8) is 0 Å². The molecule has 0 saturated heterocycles. The minimum atomic E-state index is -3.38. The molecular weight excluding hydrogens is 402 g/mol. The summed E-state index contributed by atoms with van der Waals surface area (Å²) in [7, 11) is -1.70. The number of hydrogen-bond donors (Lipinski definition) is 0. The van der Waals surface area contributed by atoms with E-state index >= 15 is 0 Å². The van der Waals surface area contributed by atoms with Crippen molar-refractivity contribution in [1.82, 2.24) is 4.31 Å². The van der Waals surface area contributed by atoms with Crippen LogP contribution in [0.5, 0.6) is 11.5 Å². The summed E-state index contributed by atoms with van der Waals surface area (Å²) in [6, 6.07) is 11.8. The van der Waals surface area contributed by atoms with Crippen LogP contribution in [-0.2, 0) is 22.9 Å². The van der Waals surface area contributed by atoms with Crippen molar-refractivity contribution in [3.05, 3.63) is 59.4 Å². The number of furan rings is 1. The molecule has 0 N–H and O–H groups in total. The Kier molecular flexibility index (Phi) is 4.95. The number of rotatable bonds is 6. The standard InChI is InChI=1S/C23H25NO5S/c1-24(11-9-16-5-7-21-17(13-16)10-12-27-21)30(25,26)14-18-3-2-4-20-19(18)6-8-22-23(20)29-15-28-22/h5-8,10,12-13,18H,2-4,9,11,14-15H2,1H3/t18-/m0/s1. The van der Waals surface area contributed by atoms with Crippen molar-refractivity contribution in [2.45, 2.75) is 31.6 Å². The summed E-state index contributed by atoms with van der Waals surface area (Å²) in [4.78, 5) is 0. The van der Waals surface area contributed by atoms with E-state index in [9.17, 15) is 8.42 Å². The molecule has 6 nitrogen and oxygen atoms in total. The van der Waals surface area contributed by atoms with Gasteiger partial charge in [0.1, 0.15) is 5.58 Å². The molecule has 0 fully saturated rings. The van der Waals surface area contributed by atoms with Gasteiger partial charge in [0.25, 0.3) is 0 Å². The zero-order valence-electron chi connectivity index (χ0n) is 17.0. The van der Waals surface area contributed by atoms with Gasteiger partial charge in [-0.2, -0.15) is 0 Å². The molecule has 1 aliphatic heterocycles. The molecule has 3 aromatic rings. The van der Waals surface area contributed by atoms with Crippen molar-refractivity contribution in [3.8, 4) is 11.5 Å². The van der Waals surface area contributed by atoms with Gasteiger partial charge in [0, 0.05) is 24.5 Å². The van der Waals surface area contributed by atoms with Crippen LogP contribution >= 0.6 is 0 Å². The van der Waals surface area contributed by atoms with Gasteiger partial charge in [-0.15, -0.1) is 0 Å². The summed E-state index contributed by atoms with van der Waals surface area (Å²) in [5.41, 5.74) is 4.15. The van der Waals surface area contributed by atoms with E-state index in [1.807, 2.05) is 30.3 Å². The smallest absolute Gasteiger partial charge is 0.231 e. The molecule has 158 valence electrons. The highest BCUT2D eigenvalue weighted by atomic mass is 32.2. The Labute approximate surface area is 176 Å². The summed E-state index contributed by atoms with van der Waals surface area (Å²) < 4.78 is 44.2. The zero-order valence-corrected chi connectivity index (χ0v) is 17.8. The second-order valence-corrected chi connectivity index (χ2v) is 10.2. The van der Waals surface area contributed by atoms with Crippen molar-refractivity contribution >= 4 is 21.0 Å². The molecule has 0 bridgehead atoms. The number of ether oxygens (including phenoxy) is 2. The lowest BCUT2D eigenvalue weighted by Crippen LogP contribution is -2.34. The van der Waals surface area contributed by atoms with Gasteiger partial charge in [0.2, 0.25) is 16.8 Å². The third-order valence-corrected chi connectivity index (χ3v) is 8.17. The van der Waals surface area contributed by atoms with Crippen LogP contribution in [0.2, 0.25) is 0 Å². The second kappa shape index (κ2) is 7.63. The summed E-state index contributed by atoms with van der Waals surface area (Å²) in [5, 5.41) is 1.04. The average molecular weight is 428 g/mol. The molecule has 1 aliphatic carbocycles. The second-order valence-electron chi connectivity index (χ2n) is 8.10. The van der Waals surface area contributed by atoms with Gasteiger partial charge in [-0.1, -0.05) is 12.1 Å². The Morgan fingerprint density at radius 1 is 1.13 bits per heavy atom. The lowest BCUT2D eigenvalue weighted by molar-refractivity contribution is 0.173. The van der Waals surface area contributed by atoms with Gasteiger partial charge >= 0.3 is 0 Å². The van der Waals surface area contributed by atoms with Crippen LogP contribution in [0.3, 0.4) is 0 Å². The fourth-order valence-electron chi connectivity index (χ4n) is 4.52. The molecule has 1 atom stereocenters. The van der Waals surface area contributed by atoms with Crippen LogP contribution in [0.25, 0.3) is 11.0 Å². The first-order chi connectivity index (χ1) is 14.5. The molecule has 5 rings (SSSR count). The highest BCUT2D eigenvalue weighted by Crippen LogP contribution is 2.44. The summed E-state index contributed by atoms with van der Waals surface area (Å²) >= 11 is 0. The summed E-state index contributed by atoms with van der Waals surface area (Å²) in [6.45, 7) is 0.689. The Morgan fingerprint density at radius 3 is 2.93 bits per heavy atom. The normalized spacial score (nSPS) is 18.1.